The van der Waals surface area contributed by atoms with Crippen molar-refractivity contribution < 1.29 is 4.79 Å². The Morgan fingerprint density at radius 1 is 1.42 bits per heavy atom. The zero-order valence-corrected chi connectivity index (χ0v) is 12.0. The van der Waals surface area contributed by atoms with Gasteiger partial charge in [-0.25, -0.2) is 9.97 Å². The Hall–Kier alpha value is -1.20. The van der Waals surface area contributed by atoms with Crippen molar-refractivity contribution in [3.8, 4) is 0 Å². The standard InChI is InChI=1S/C13H20N4O.ClH/c1-10-15-8-5-11(17-10)9-16-12(18)13(14)6-3-2-4-7-13;/h5,8H,2-4,6-7,9,14H2,1H3,(H,16,18);1H. The molecule has 6 heteroatoms. The number of hydrogen-bond donors (Lipinski definition) is 2. The van der Waals surface area contributed by atoms with E-state index >= 15 is 0 Å². The fraction of sp³-hybridized carbons (Fsp3) is 0.615. The fourth-order valence-corrected chi connectivity index (χ4v) is 2.36. The van der Waals surface area contributed by atoms with Gasteiger partial charge in [-0.15, -0.1) is 12.4 Å². The summed E-state index contributed by atoms with van der Waals surface area (Å²) in [6.45, 7) is 2.25. The van der Waals surface area contributed by atoms with Crippen molar-refractivity contribution in [3.05, 3.63) is 23.8 Å². The topological polar surface area (TPSA) is 80.9 Å². The number of hydrogen-bond acceptors (Lipinski definition) is 4. The normalized spacial score (nSPS) is 17.4. The number of amides is 1. The van der Waals surface area contributed by atoms with Gasteiger partial charge in [0.1, 0.15) is 5.82 Å². The molecule has 106 valence electrons. The third kappa shape index (κ3) is 4.14. The van der Waals surface area contributed by atoms with Crippen LogP contribution in [0, 0.1) is 6.92 Å². The van der Waals surface area contributed by atoms with E-state index in [2.05, 4.69) is 15.3 Å². The van der Waals surface area contributed by atoms with Crippen molar-refractivity contribution in [2.24, 2.45) is 5.73 Å². The Labute approximate surface area is 119 Å². The van der Waals surface area contributed by atoms with Crippen LogP contribution in [0.1, 0.15) is 43.6 Å². The lowest BCUT2D eigenvalue weighted by molar-refractivity contribution is -0.127. The van der Waals surface area contributed by atoms with Crippen LogP contribution in [0.15, 0.2) is 12.3 Å². The minimum Gasteiger partial charge on any atom is -0.349 e. The number of nitrogens with zero attached hydrogens (tertiary/aromatic N) is 2. The summed E-state index contributed by atoms with van der Waals surface area (Å²) in [5, 5.41) is 2.88. The summed E-state index contributed by atoms with van der Waals surface area (Å²) in [6, 6.07) is 1.80. The van der Waals surface area contributed by atoms with E-state index < -0.39 is 5.54 Å². The highest BCUT2D eigenvalue weighted by molar-refractivity contribution is 5.86. The number of nitrogens with two attached hydrogens (primary N) is 1. The van der Waals surface area contributed by atoms with Crippen LogP contribution in [-0.4, -0.2) is 21.4 Å². The zero-order valence-electron chi connectivity index (χ0n) is 11.2. The maximum absolute atomic E-state index is 12.1. The molecule has 0 aromatic carbocycles. The number of carbonyl (C=O) groups excluding carboxylic acids is 1. The molecule has 1 aliphatic carbocycles. The molecule has 1 heterocycles. The Morgan fingerprint density at radius 2 is 2.11 bits per heavy atom. The summed E-state index contributed by atoms with van der Waals surface area (Å²) in [4.78, 5) is 20.4. The molecule has 0 atom stereocenters. The highest BCUT2D eigenvalue weighted by Crippen LogP contribution is 2.25. The lowest BCUT2D eigenvalue weighted by atomic mass is 9.82. The Morgan fingerprint density at radius 3 is 2.74 bits per heavy atom. The molecule has 0 aliphatic heterocycles. The molecule has 1 aliphatic rings. The number of carbonyl (C=O) groups is 1. The first-order valence-electron chi connectivity index (χ1n) is 6.46. The summed E-state index contributed by atoms with van der Waals surface area (Å²) in [5.41, 5.74) is 6.29. The van der Waals surface area contributed by atoms with E-state index in [-0.39, 0.29) is 18.3 Å². The molecule has 0 bridgehead atoms. The molecule has 2 rings (SSSR count). The summed E-state index contributed by atoms with van der Waals surface area (Å²) in [5.74, 6) is 0.653. The van der Waals surface area contributed by atoms with Gasteiger partial charge in [0.2, 0.25) is 5.91 Å². The first-order valence-corrected chi connectivity index (χ1v) is 6.46. The van der Waals surface area contributed by atoms with Gasteiger partial charge < -0.3 is 11.1 Å². The number of halogens is 1. The van der Waals surface area contributed by atoms with Crippen molar-refractivity contribution in [3.63, 3.8) is 0 Å². The third-order valence-electron chi connectivity index (χ3n) is 3.46. The zero-order chi connectivity index (χ0) is 13.0. The molecule has 0 saturated heterocycles. The molecule has 0 unspecified atom stereocenters. The molecule has 1 amide bonds. The minimum atomic E-state index is -0.680. The van der Waals surface area contributed by atoms with Gasteiger partial charge in [-0.05, 0) is 25.8 Å². The van der Waals surface area contributed by atoms with Gasteiger partial charge in [0, 0.05) is 6.20 Å². The highest BCUT2D eigenvalue weighted by atomic mass is 35.5. The van der Waals surface area contributed by atoms with Crippen molar-refractivity contribution >= 4 is 18.3 Å². The van der Waals surface area contributed by atoms with E-state index in [1.807, 2.05) is 6.92 Å². The monoisotopic (exact) mass is 284 g/mol. The molecular weight excluding hydrogens is 264 g/mol. The number of nitrogens with one attached hydrogen (secondary N) is 1. The summed E-state index contributed by atoms with van der Waals surface area (Å²) in [6.07, 6.45) is 6.51. The first-order chi connectivity index (χ1) is 8.60. The predicted molar refractivity (Wildman–Crippen MR) is 75.9 cm³/mol. The van der Waals surface area contributed by atoms with E-state index in [1.165, 1.54) is 6.42 Å². The van der Waals surface area contributed by atoms with Crippen LogP contribution in [0.3, 0.4) is 0 Å². The summed E-state index contributed by atoms with van der Waals surface area (Å²) < 4.78 is 0. The van der Waals surface area contributed by atoms with Crippen molar-refractivity contribution in [2.45, 2.75) is 51.1 Å². The van der Waals surface area contributed by atoms with Gasteiger partial charge in [-0.3, -0.25) is 4.79 Å². The molecular formula is C13H21ClN4O. The fourth-order valence-electron chi connectivity index (χ4n) is 2.36. The van der Waals surface area contributed by atoms with E-state index in [0.717, 1.165) is 31.4 Å². The van der Waals surface area contributed by atoms with Crippen LogP contribution in [0.25, 0.3) is 0 Å². The van der Waals surface area contributed by atoms with Crippen molar-refractivity contribution in [1.82, 2.24) is 15.3 Å². The average Bonchev–Trinajstić information content (AvgIpc) is 2.37. The Bertz CT molecular complexity index is 432. The molecule has 1 aromatic rings. The summed E-state index contributed by atoms with van der Waals surface area (Å²) >= 11 is 0. The molecule has 1 saturated carbocycles. The molecule has 19 heavy (non-hydrogen) atoms. The van der Waals surface area contributed by atoms with Gasteiger partial charge >= 0.3 is 0 Å². The van der Waals surface area contributed by atoms with E-state index in [9.17, 15) is 4.79 Å². The highest BCUT2D eigenvalue weighted by Gasteiger charge is 2.34. The lowest BCUT2D eigenvalue weighted by Gasteiger charge is -2.31. The van der Waals surface area contributed by atoms with Gasteiger partial charge in [0.25, 0.3) is 0 Å². The van der Waals surface area contributed by atoms with Crippen LogP contribution in [-0.2, 0) is 11.3 Å². The predicted octanol–water partition coefficient (Wildman–Crippen LogP) is 1.48. The first kappa shape index (κ1) is 15.9. The maximum atomic E-state index is 12.1. The largest absolute Gasteiger partial charge is 0.349 e. The Kier molecular flexibility index (Phi) is 5.69. The Balaban J connectivity index is 0.00000180. The van der Waals surface area contributed by atoms with Crippen LogP contribution in [0.5, 0.6) is 0 Å². The molecule has 1 fully saturated rings. The maximum Gasteiger partial charge on any atom is 0.240 e. The summed E-state index contributed by atoms with van der Waals surface area (Å²) in [7, 11) is 0. The number of rotatable bonds is 3. The second-order valence-electron chi connectivity index (χ2n) is 4.99. The second kappa shape index (κ2) is 6.82. The van der Waals surface area contributed by atoms with E-state index in [4.69, 9.17) is 5.73 Å². The van der Waals surface area contributed by atoms with Crippen LogP contribution in [0.4, 0.5) is 0 Å². The van der Waals surface area contributed by atoms with Gasteiger partial charge in [0.15, 0.2) is 0 Å². The molecule has 3 N–H and O–H groups in total. The van der Waals surface area contributed by atoms with Crippen LogP contribution in [0.2, 0.25) is 0 Å². The molecule has 1 aromatic heterocycles. The molecule has 5 nitrogen and oxygen atoms in total. The van der Waals surface area contributed by atoms with Crippen LogP contribution < -0.4 is 11.1 Å². The van der Waals surface area contributed by atoms with Gasteiger partial charge in [-0.1, -0.05) is 19.3 Å². The molecule has 0 spiro atoms. The molecule has 0 radical (unpaired) electrons. The lowest BCUT2D eigenvalue weighted by Crippen LogP contribution is -2.54. The SMILES string of the molecule is Cc1nccc(CNC(=O)C2(N)CCCCC2)n1.Cl. The average molecular weight is 285 g/mol. The quantitative estimate of drug-likeness (QED) is 0.881. The van der Waals surface area contributed by atoms with Crippen LogP contribution >= 0.6 is 12.4 Å². The van der Waals surface area contributed by atoms with Crippen molar-refractivity contribution in [2.75, 3.05) is 0 Å². The van der Waals surface area contributed by atoms with Crippen molar-refractivity contribution in [1.29, 1.82) is 0 Å². The smallest absolute Gasteiger partial charge is 0.240 e. The number of aromatic nitrogens is 2. The van der Waals surface area contributed by atoms with Gasteiger partial charge in [-0.2, -0.15) is 0 Å². The van der Waals surface area contributed by atoms with E-state index in [1.54, 1.807) is 12.3 Å². The van der Waals surface area contributed by atoms with E-state index in [0.29, 0.717) is 12.4 Å². The third-order valence-corrected chi connectivity index (χ3v) is 3.46. The minimum absolute atomic E-state index is 0. The second-order valence-corrected chi connectivity index (χ2v) is 4.99. The van der Waals surface area contributed by atoms with Gasteiger partial charge in [0.05, 0.1) is 17.8 Å². The number of aryl methyl sites for hydroxylation is 1.